The van der Waals surface area contributed by atoms with Crippen LogP contribution in [-0.4, -0.2) is 39.3 Å². The molecule has 0 bridgehead atoms. The maximum absolute atomic E-state index is 12.2. The van der Waals surface area contributed by atoms with E-state index in [1.54, 1.807) is 12.2 Å². The molecule has 5 nitrogen and oxygen atoms in total. The topological polar surface area (TPSA) is 94.8 Å². The molecule has 1 fully saturated rings. The second kappa shape index (κ2) is 11.0. The van der Waals surface area contributed by atoms with Gasteiger partial charge in [-0.2, -0.15) is 0 Å². The molecular formula is C22H30O5. The highest BCUT2D eigenvalue weighted by Crippen LogP contribution is 2.34. The SMILES string of the molecule is O=C(O)CCCCCC[C@H]1C(=O)CC(O)[C@@H]1/C=C/C(O)Cc1ccccc1. The molecular weight excluding hydrogens is 344 g/mol. The number of carbonyl (C=O) groups is 2. The summed E-state index contributed by atoms with van der Waals surface area (Å²) in [7, 11) is 0. The van der Waals surface area contributed by atoms with Crippen molar-refractivity contribution in [1.82, 2.24) is 0 Å². The maximum atomic E-state index is 12.2. The van der Waals surface area contributed by atoms with Crippen LogP contribution in [0, 0.1) is 11.8 Å². The molecule has 0 aromatic heterocycles. The lowest BCUT2D eigenvalue weighted by Crippen LogP contribution is -2.19. The average Bonchev–Trinajstić information content (AvgIpc) is 2.89. The molecule has 1 aromatic rings. The fourth-order valence-corrected chi connectivity index (χ4v) is 3.77. The van der Waals surface area contributed by atoms with Gasteiger partial charge in [-0.3, -0.25) is 9.59 Å². The predicted molar refractivity (Wildman–Crippen MR) is 103 cm³/mol. The first-order valence-electron chi connectivity index (χ1n) is 9.80. The van der Waals surface area contributed by atoms with E-state index < -0.39 is 18.2 Å². The molecule has 1 aliphatic carbocycles. The minimum Gasteiger partial charge on any atom is -0.481 e. The highest BCUT2D eigenvalue weighted by molar-refractivity contribution is 5.84. The molecule has 2 rings (SSSR count). The van der Waals surface area contributed by atoms with Gasteiger partial charge in [-0.25, -0.2) is 0 Å². The lowest BCUT2D eigenvalue weighted by atomic mass is 9.88. The fourth-order valence-electron chi connectivity index (χ4n) is 3.77. The zero-order valence-electron chi connectivity index (χ0n) is 15.7. The van der Waals surface area contributed by atoms with Gasteiger partial charge in [0.25, 0.3) is 0 Å². The number of carboxylic acid groups (broad SMARTS) is 1. The summed E-state index contributed by atoms with van der Waals surface area (Å²) < 4.78 is 0. The van der Waals surface area contributed by atoms with E-state index in [1.807, 2.05) is 30.3 Å². The van der Waals surface area contributed by atoms with Gasteiger partial charge in [0.2, 0.25) is 0 Å². The lowest BCUT2D eigenvalue weighted by molar-refractivity contribution is -0.137. The predicted octanol–water partition coefficient (Wildman–Crippen LogP) is 3.14. The number of Topliss-reactive ketones (excluding diaryl/α,β-unsaturated/α-hetero) is 1. The van der Waals surface area contributed by atoms with Crippen LogP contribution in [0.3, 0.4) is 0 Å². The van der Waals surface area contributed by atoms with Crippen molar-refractivity contribution in [3.63, 3.8) is 0 Å². The Kier molecular flexibility index (Phi) is 8.69. The van der Waals surface area contributed by atoms with Crippen molar-refractivity contribution in [1.29, 1.82) is 0 Å². The number of aliphatic hydroxyl groups is 2. The van der Waals surface area contributed by atoms with Gasteiger partial charge in [0, 0.05) is 31.1 Å². The molecule has 0 radical (unpaired) electrons. The van der Waals surface area contributed by atoms with Crippen LogP contribution >= 0.6 is 0 Å². The highest BCUT2D eigenvalue weighted by atomic mass is 16.4. The number of hydrogen-bond donors (Lipinski definition) is 3. The number of carbonyl (C=O) groups excluding carboxylic acids is 1. The number of aliphatic hydroxyl groups excluding tert-OH is 2. The number of aliphatic carboxylic acids is 1. The zero-order valence-corrected chi connectivity index (χ0v) is 15.7. The standard InChI is InChI=1S/C22H30O5/c23-17(14-16-8-4-3-5-9-16)12-13-19-18(20(24)15-21(19)25)10-6-1-2-7-11-22(26)27/h3-5,8-9,12-13,17-19,21,23,25H,1-2,6-7,10-11,14-15H2,(H,26,27)/b13-12+/t17?,18-,19-,21?/m1/s1. The summed E-state index contributed by atoms with van der Waals surface area (Å²) in [5, 5.41) is 29.1. The van der Waals surface area contributed by atoms with Crippen LogP contribution in [0.5, 0.6) is 0 Å². The average molecular weight is 374 g/mol. The number of benzene rings is 1. The first kappa shape index (κ1) is 21.3. The van der Waals surface area contributed by atoms with E-state index >= 15 is 0 Å². The molecule has 1 saturated carbocycles. The largest absolute Gasteiger partial charge is 0.481 e. The van der Waals surface area contributed by atoms with E-state index in [4.69, 9.17) is 5.11 Å². The second-order valence-electron chi connectivity index (χ2n) is 7.41. The molecule has 0 amide bonds. The van der Waals surface area contributed by atoms with Crippen LogP contribution in [-0.2, 0) is 16.0 Å². The molecule has 1 aliphatic rings. The van der Waals surface area contributed by atoms with Gasteiger partial charge in [0.15, 0.2) is 0 Å². The monoisotopic (exact) mass is 374 g/mol. The van der Waals surface area contributed by atoms with E-state index in [0.717, 1.165) is 24.8 Å². The maximum Gasteiger partial charge on any atom is 0.303 e. The molecule has 5 heteroatoms. The Hall–Kier alpha value is -1.98. The van der Waals surface area contributed by atoms with E-state index in [0.29, 0.717) is 19.3 Å². The van der Waals surface area contributed by atoms with Crippen molar-refractivity contribution >= 4 is 11.8 Å². The quantitative estimate of drug-likeness (QED) is 0.409. The normalized spacial score (nSPS) is 23.8. The first-order valence-corrected chi connectivity index (χ1v) is 9.80. The summed E-state index contributed by atoms with van der Waals surface area (Å²) in [6.45, 7) is 0. The van der Waals surface area contributed by atoms with Crippen molar-refractivity contribution in [2.45, 2.75) is 63.6 Å². The molecule has 27 heavy (non-hydrogen) atoms. The molecule has 0 aliphatic heterocycles. The van der Waals surface area contributed by atoms with Crippen molar-refractivity contribution in [2.24, 2.45) is 11.8 Å². The first-order chi connectivity index (χ1) is 13.0. The summed E-state index contributed by atoms with van der Waals surface area (Å²) in [6.07, 6.45) is 6.96. The lowest BCUT2D eigenvalue weighted by Gasteiger charge is -2.18. The van der Waals surface area contributed by atoms with Gasteiger partial charge in [-0.15, -0.1) is 0 Å². The third-order valence-electron chi connectivity index (χ3n) is 5.23. The summed E-state index contributed by atoms with van der Waals surface area (Å²) in [4.78, 5) is 22.7. The number of carboxylic acids is 1. The van der Waals surface area contributed by atoms with E-state index in [2.05, 4.69) is 0 Å². The Morgan fingerprint density at radius 3 is 2.56 bits per heavy atom. The molecule has 0 heterocycles. The molecule has 2 unspecified atom stereocenters. The van der Waals surface area contributed by atoms with Crippen LogP contribution in [0.1, 0.15) is 50.5 Å². The number of unbranched alkanes of at least 4 members (excludes halogenated alkanes) is 3. The van der Waals surface area contributed by atoms with Crippen molar-refractivity contribution in [3.05, 3.63) is 48.0 Å². The summed E-state index contributed by atoms with van der Waals surface area (Å²) in [6, 6.07) is 9.70. The fraction of sp³-hybridized carbons (Fsp3) is 0.545. The van der Waals surface area contributed by atoms with Crippen LogP contribution in [0.15, 0.2) is 42.5 Å². The van der Waals surface area contributed by atoms with Gasteiger partial charge in [-0.05, 0) is 18.4 Å². The molecule has 0 spiro atoms. The highest BCUT2D eigenvalue weighted by Gasteiger charge is 2.39. The number of rotatable bonds is 11. The Morgan fingerprint density at radius 2 is 1.85 bits per heavy atom. The van der Waals surface area contributed by atoms with Gasteiger partial charge >= 0.3 is 5.97 Å². The van der Waals surface area contributed by atoms with Gasteiger partial charge in [0.1, 0.15) is 5.78 Å². The minimum absolute atomic E-state index is 0.0836. The Morgan fingerprint density at radius 1 is 1.15 bits per heavy atom. The Labute approximate surface area is 160 Å². The van der Waals surface area contributed by atoms with Crippen molar-refractivity contribution in [2.75, 3.05) is 0 Å². The van der Waals surface area contributed by atoms with Crippen LogP contribution < -0.4 is 0 Å². The third-order valence-corrected chi connectivity index (χ3v) is 5.23. The van der Waals surface area contributed by atoms with Crippen molar-refractivity contribution in [3.8, 4) is 0 Å². The van der Waals surface area contributed by atoms with Crippen LogP contribution in [0.25, 0.3) is 0 Å². The molecule has 3 N–H and O–H groups in total. The Bertz CT molecular complexity index is 625. The molecule has 4 atom stereocenters. The van der Waals surface area contributed by atoms with E-state index in [-0.39, 0.29) is 30.5 Å². The second-order valence-corrected chi connectivity index (χ2v) is 7.41. The molecule has 0 saturated heterocycles. The zero-order chi connectivity index (χ0) is 19.6. The summed E-state index contributed by atoms with van der Waals surface area (Å²) in [5.41, 5.74) is 1.04. The Balaban J connectivity index is 1.81. The summed E-state index contributed by atoms with van der Waals surface area (Å²) >= 11 is 0. The van der Waals surface area contributed by atoms with Gasteiger partial charge in [0.05, 0.1) is 12.2 Å². The van der Waals surface area contributed by atoms with Crippen LogP contribution in [0.2, 0.25) is 0 Å². The van der Waals surface area contributed by atoms with Crippen molar-refractivity contribution < 1.29 is 24.9 Å². The molecule has 148 valence electrons. The minimum atomic E-state index is -0.775. The van der Waals surface area contributed by atoms with Crippen LogP contribution in [0.4, 0.5) is 0 Å². The van der Waals surface area contributed by atoms with E-state index in [1.165, 1.54) is 0 Å². The van der Waals surface area contributed by atoms with Gasteiger partial charge in [-0.1, -0.05) is 61.7 Å². The smallest absolute Gasteiger partial charge is 0.303 e. The summed E-state index contributed by atoms with van der Waals surface area (Å²) in [5.74, 6) is -1.15. The third kappa shape index (κ3) is 7.27. The number of ketones is 1. The van der Waals surface area contributed by atoms with Gasteiger partial charge < -0.3 is 15.3 Å². The van der Waals surface area contributed by atoms with E-state index in [9.17, 15) is 19.8 Å². The molecule has 1 aromatic carbocycles. The number of hydrogen-bond acceptors (Lipinski definition) is 4.